The molecular formula is C15H16O3S. The third-order valence-corrected chi connectivity index (χ3v) is 6.28. The first kappa shape index (κ1) is 11.7. The van der Waals surface area contributed by atoms with Crippen molar-refractivity contribution < 1.29 is 12.6 Å². The lowest BCUT2D eigenvalue weighted by molar-refractivity contribution is -0.154. The summed E-state index contributed by atoms with van der Waals surface area (Å²) < 4.78 is 29.8. The highest BCUT2D eigenvalue weighted by Crippen LogP contribution is 2.64. The molecule has 0 radical (unpaired) electrons. The SMILES string of the molecule is Cc1ccc(S(=O)(=O)O[C@@H]2C[C@@H]3[C@@H]4C=C[C@H]4[C@@H]32)cc1. The number of allylic oxidation sites excluding steroid dienone is 2. The molecule has 100 valence electrons. The molecule has 0 N–H and O–H groups in total. The lowest BCUT2D eigenvalue weighted by Crippen LogP contribution is -2.63. The fourth-order valence-electron chi connectivity index (χ4n) is 3.67. The van der Waals surface area contributed by atoms with Gasteiger partial charge >= 0.3 is 0 Å². The number of fused-ring (bicyclic) bond motifs is 4. The van der Waals surface area contributed by atoms with Crippen LogP contribution in [0.4, 0.5) is 0 Å². The van der Waals surface area contributed by atoms with Crippen LogP contribution < -0.4 is 0 Å². The second-order valence-electron chi connectivity index (χ2n) is 5.92. The van der Waals surface area contributed by atoms with Crippen molar-refractivity contribution in [3.63, 3.8) is 0 Å². The van der Waals surface area contributed by atoms with Crippen LogP contribution in [0.1, 0.15) is 12.0 Å². The third kappa shape index (κ3) is 1.56. The lowest BCUT2D eigenvalue weighted by atomic mass is 9.42. The maximum Gasteiger partial charge on any atom is 0.297 e. The van der Waals surface area contributed by atoms with E-state index in [-0.39, 0.29) is 11.0 Å². The van der Waals surface area contributed by atoms with Crippen LogP contribution in [0.3, 0.4) is 0 Å². The molecule has 2 fully saturated rings. The van der Waals surface area contributed by atoms with E-state index in [4.69, 9.17) is 4.18 Å². The van der Waals surface area contributed by atoms with Crippen LogP contribution in [0.5, 0.6) is 0 Å². The lowest BCUT2D eigenvalue weighted by Gasteiger charge is -2.64. The Hall–Kier alpha value is -1.13. The van der Waals surface area contributed by atoms with Crippen LogP contribution >= 0.6 is 0 Å². The summed E-state index contributed by atoms with van der Waals surface area (Å²) in [6.07, 6.45) is 5.22. The van der Waals surface area contributed by atoms with E-state index in [1.807, 2.05) is 6.92 Å². The molecule has 0 saturated heterocycles. The molecule has 1 aromatic carbocycles. The first-order chi connectivity index (χ1) is 9.06. The van der Waals surface area contributed by atoms with Gasteiger partial charge in [0, 0.05) is 0 Å². The summed E-state index contributed by atoms with van der Waals surface area (Å²) in [5.41, 5.74) is 1.05. The van der Waals surface area contributed by atoms with E-state index in [0.29, 0.717) is 23.7 Å². The van der Waals surface area contributed by atoms with Gasteiger partial charge in [-0.1, -0.05) is 29.8 Å². The molecule has 0 unspecified atom stereocenters. The van der Waals surface area contributed by atoms with E-state index in [2.05, 4.69) is 12.2 Å². The van der Waals surface area contributed by atoms with Crippen molar-refractivity contribution in [2.45, 2.75) is 24.3 Å². The van der Waals surface area contributed by atoms with Gasteiger partial charge in [0.2, 0.25) is 0 Å². The molecule has 4 heteroatoms. The minimum atomic E-state index is -3.60. The molecule has 0 heterocycles. The van der Waals surface area contributed by atoms with Crippen molar-refractivity contribution in [3.8, 4) is 0 Å². The molecule has 3 aliphatic carbocycles. The van der Waals surface area contributed by atoms with E-state index < -0.39 is 10.1 Å². The van der Waals surface area contributed by atoms with Crippen molar-refractivity contribution in [1.82, 2.24) is 0 Å². The topological polar surface area (TPSA) is 43.4 Å². The molecule has 4 rings (SSSR count). The zero-order chi connectivity index (χ0) is 13.2. The highest BCUT2D eigenvalue weighted by atomic mass is 32.2. The van der Waals surface area contributed by atoms with Crippen LogP contribution in [0.2, 0.25) is 0 Å². The van der Waals surface area contributed by atoms with Crippen molar-refractivity contribution >= 4 is 10.1 Å². The monoisotopic (exact) mass is 276 g/mol. The van der Waals surface area contributed by atoms with E-state index in [1.54, 1.807) is 24.3 Å². The Morgan fingerprint density at radius 2 is 1.79 bits per heavy atom. The Bertz CT molecular complexity index is 644. The van der Waals surface area contributed by atoms with Crippen molar-refractivity contribution in [1.29, 1.82) is 0 Å². The molecule has 2 saturated carbocycles. The fourth-order valence-corrected chi connectivity index (χ4v) is 4.78. The summed E-state index contributed by atoms with van der Waals surface area (Å²) in [5.74, 6) is 2.41. The predicted molar refractivity (Wildman–Crippen MR) is 71.0 cm³/mol. The molecule has 0 amide bonds. The summed E-state index contributed by atoms with van der Waals surface area (Å²) >= 11 is 0. The largest absolute Gasteiger partial charge is 0.297 e. The average Bonchev–Trinajstić information content (AvgIpc) is 2.33. The molecule has 5 atom stereocenters. The van der Waals surface area contributed by atoms with Gasteiger partial charge in [-0.2, -0.15) is 8.42 Å². The Balaban J connectivity index is 1.50. The van der Waals surface area contributed by atoms with Gasteiger partial charge in [0.05, 0.1) is 11.0 Å². The Morgan fingerprint density at radius 3 is 2.37 bits per heavy atom. The van der Waals surface area contributed by atoms with Gasteiger partial charge in [0.25, 0.3) is 10.1 Å². The maximum absolute atomic E-state index is 12.2. The van der Waals surface area contributed by atoms with Crippen LogP contribution in [-0.4, -0.2) is 14.5 Å². The zero-order valence-electron chi connectivity index (χ0n) is 10.7. The van der Waals surface area contributed by atoms with E-state index >= 15 is 0 Å². The minimum Gasteiger partial charge on any atom is -0.263 e. The summed E-state index contributed by atoms with van der Waals surface area (Å²) in [5, 5.41) is 0. The molecule has 1 aromatic rings. The smallest absolute Gasteiger partial charge is 0.263 e. The summed E-state index contributed by atoms with van der Waals surface area (Å²) in [4.78, 5) is 0.265. The second kappa shape index (κ2) is 3.70. The highest BCUT2D eigenvalue weighted by molar-refractivity contribution is 7.86. The van der Waals surface area contributed by atoms with E-state index in [9.17, 15) is 8.42 Å². The van der Waals surface area contributed by atoms with Crippen molar-refractivity contribution in [2.24, 2.45) is 23.7 Å². The normalized spacial score (nSPS) is 38.5. The summed E-state index contributed by atoms with van der Waals surface area (Å²) in [6, 6.07) is 6.84. The first-order valence-electron chi connectivity index (χ1n) is 6.74. The Labute approximate surface area is 113 Å². The molecule has 0 aliphatic heterocycles. The Morgan fingerprint density at radius 1 is 1.11 bits per heavy atom. The molecule has 0 spiro atoms. The standard InChI is InChI=1S/C15H16O3S/c1-9-2-4-10(5-3-9)19(16,17)18-14-8-13-11-6-7-12(11)15(13)14/h2-7,11-15H,8H2,1H3/t11-,12-,13-,14-,15+/m1/s1. The quantitative estimate of drug-likeness (QED) is 0.629. The summed E-state index contributed by atoms with van der Waals surface area (Å²) in [6.45, 7) is 1.94. The molecular weight excluding hydrogens is 260 g/mol. The number of hydrogen-bond acceptors (Lipinski definition) is 3. The van der Waals surface area contributed by atoms with Gasteiger partial charge in [-0.15, -0.1) is 0 Å². The van der Waals surface area contributed by atoms with E-state index in [0.717, 1.165) is 12.0 Å². The number of hydrogen-bond donors (Lipinski definition) is 0. The zero-order valence-corrected chi connectivity index (χ0v) is 11.5. The molecule has 19 heavy (non-hydrogen) atoms. The van der Waals surface area contributed by atoms with Crippen molar-refractivity contribution in [2.75, 3.05) is 0 Å². The van der Waals surface area contributed by atoms with Crippen LogP contribution in [0.25, 0.3) is 0 Å². The Kier molecular flexibility index (Phi) is 2.28. The van der Waals surface area contributed by atoms with E-state index in [1.165, 1.54) is 0 Å². The molecule has 0 aromatic heterocycles. The number of aryl methyl sites for hydroxylation is 1. The number of benzene rings is 1. The maximum atomic E-state index is 12.2. The summed E-state index contributed by atoms with van der Waals surface area (Å²) in [7, 11) is -3.60. The van der Waals surface area contributed by atoms with Gasteiger partial charge in [-0.3, -0.25) is 4.18 Å². The third-order valence-electron chi connectivity index (χ3n) is 4.93. The van der Waals surface area contributed by atoms with Crippen LogP contribution in [0.15, 0.2) is 41.3 Å². The van der Waals surface area contributed by atoms with Gasteiger partial charge < -0.3 is 0 Å². The fraction of sp³-hybridized carbons (Fsp3) is 0.467. The minimum absolute atomic E-state index is 0.109. The van der Waals surface area contributed by atoms with Gasteiger partial charge in [-0.25, -0.2) is 0 Å². The molecule has 3 nitrogen and oxygen atoms in total. The van der Waals surface area contributed by atoms with Crippen molar-refractivity contribution in [3.05, 3.63) is 42.0 Å². The van der Waals surface area contributed by atoms with Crippen LogP contribution in [0, 0.1) is 30.6 Å². The highest BCUT2D eigenvalue weighted by Gasteiger charge is 2.63. The molecule has 0 bridgehead atoms. The van der Waals surface area contributed by atoms with Gasteiger partial charge in [0.15, 0.2) is 0 Å². The molecule has 3 aliphatic rings. The average molecular weight is 276 g/mol. The van der Waals surface area contributed by atoms with Gasteiger partial charge in [0.1, 0.15) is 0 Å². The van der Waals surface area contributed by atoms with Gasteiger partial charge in [-0.05, 0) is 49.1 Å². The predicted octanol–water partition coefficient (Wildman–Crippen LogP) is 2.52. The first-order valence-corrected chi connectivity index (χ1v) is 8.15. The number of rotatable bonds is 3. The second-order valence-corrected chi connectivity index (χ2v) is 7.49. The van der Waals surface area contributed by atoms with Crippen LogP contribution in [-0.2, 0) is 14.3 Å².